The lowest BCUT2D eigenvalue weighted by molar-refractivity contribution is -0.167. The van der Waals surface area contributed by atoms with Gasteiger partial charge in [-0.25, -0.2) is 0 Å². The third-order valence-electron chi connectivity index (χ3n) is 5.74. The summed E-state index contributed by atoms with van der Waals surface area (Å²) in [5.41, 5.74) is -0.116. The zero-order valence-electron chi connectivity index (χ0n) is 17.7. The molecule has 0 aliphatic heterocycles. The minimum Gasteiger partial charge on any atom is -0.481 e. The average Bonchev–Trinajstić information content (AvgIpc) is 2.73. The number of carbonyl (C=O) groups is 4. The Morgan fingerprint density at radius 3 is 1.08 bits per heavy atom. The Morgan fingerprint density at radius 1 is 0.583 bits per heavy atom. The maximum Gasteiger partial charge on any atom is 0.471 e. The number of aliphatic carboxylic acids is 2. The summed E-state index contributed by atoms with van der Waals surface area (Å²) in [6, 6.07) is 9.10. The van der Waals surface area contributed by atoms with Crippen LogP contribution in [0.15, 0.2) is 48.5 Å². The molecule has 0 heterocycles. The molecule has 192 valence electrons. The summed E-state index contributed by atoms with van der Waals surface area (Å²) in [4.78, 5) is 46.1. The molecule has 0 saturated heterocycles. The van der Waals surface area contributed by atoms with Gasteiger partial charge in [-0.3, -0.25) is 19.2 Å². The molecule has 3 rings (SSSR count). The summed E-state index contributed by atoms with van der Waals surface area (Å²) >= 11 is 0. The number of benzene rings is 2. The van der Waals surface area contributed by atoms with Crippen molar-refractivity contribution in [3.63, 3.8) is 0 Å². The van der Waals surface area contributed by atoms with E-state index in [4.69, 9.17) is 0 Å². The largest absolute Gasteiger partial charge is 0.481 e. The number of rotatable bonds is 6. The van der Waals surface area contributed by atoms with Gasteiger partial charge in [0.25, 0.3) is 0 Å². The number of anilines is 2. The second kappa shape index (κ2) is 9.51. The van der Waals surface area contributed by atoms with Gasteiger partial charge in [0.2, 0.25) is 0 Å². The van der Waals surface area contributed by atoms with Gasteiger partial charge < -0.3 is 20.8 Å². The SMILES string of the molecule is O=C(O)C1C(c2ccc(NC(=O)C(F)(F)F)cc2)C(C(=O)O)C1c1ccc(NC(=O)C(F)(F)F)cc1. The Morgan fingerprint density at radius 2 is 0.861 bits per heavy atom. The van der Waals surface area contributed by atoms with Crippen LogP contribution in [0.25, 0.3) is 0 Å². The van der Waals surface area contributed by atoms with Crippen LogP contribution >= 0.6 is 0 Å². The summed E-state index contributed by atoms with van der Waals surface area (Å²) in [5, 5.41) is 22.8. The fourth-order valence-electron chi connectivity index (χ4n) is 4.17. The smallest absolute Gasteiger partial charge is 0.471 e. The molecule has 2 amide bonds. The Labute approximate surface area is 197 Å². The van der Waals surface area contributed by atoms with Crippen LogP contribution in [0, 0.1) is 11.8 Å². The van der Waals surface area contributed by atoms with E-state index in [-0.39, 0.29) is 22.5 Å². The van der Waals surface area contributed by atoms with Gasteiger partial charge in [0.15, 0.2) is 0 Å². The first-order chi connectivity index (χ1) is 16.6. The Kier molecular flexibility index (Phi) is 7.00. The van der Waals surface area contributed by atoms with Gasteiger partial charge >= 0.3 is 36.1 Å². The van der Waals surface area contributed by atoms with Crippen LogP contribution in [-0.2, 0) is 19.2 Å². The van der Waals surface area contributed by atoms with Crippen molar-refractivity contribution in [2.45, 2.75) is 24.2 Å². The van der Waals surface area contributed by atoms with Crippen molar-refractivity contribution in [2.24, 2.45) is 11.8 Å². The zero-order valence-corrected chi connectivity index (χ0v) is 17.7. The highest BCUT2D eigenvalue weighted by molar-refractivity contribution is 5.95. The molecule has 4 N–H and O–H groups in total. The summed E-state index contributed by atoms with van der Waals surface area (Å²) < 4.78 is 74.5. The van der Waals surface area contributed by atoms with Crippen LogP contribution in [0.5, 0.6) is 0 Å². The molecule has 0 aromatic heterocycles. The van der Waals surface area contributed by atoms with Crippen molar-refractivity contribution < 1.29 is 55.7 Å². The van der Waals surface area contributed by atoms with E-state index >= 15 is 0 Å². The molecule has 0 radical (unpaired) electrons. The lowest BCUT2D eigenvalue weighted by Gasteiger charge is -2.48. The van der Waals surface area contributed by atoms with Gasteiger partial charge in [0.05, 0.1) is 11.8 Å². The highest BCUT2D eigenvalue weighted by Crippen LogP contribution is 2.57. The van der Waals surface area contributed by atoms with Crippen molar-refractivity contribution >= 4 is 35.1 Å². The van der Waals surface area contributed by atoms with Crippen molar-refractivity contribution in [3.8, 4) is 0 Å². The first-order valence-electron chi connectivity index (χ1n) is 10.0. The van der Waals surface area contributed by atoms with Gasteiger partial charge in [-0.15, -0.1) is 0 Å². The number of hydrogen-bond acceptors (Lipinski definition) is 4. The minimum atomic E-state index is -5.13. The van der Waals surface area contributed by atoms with Gasteiger partial charge in [-0.2, -0.15) is 26.3 Å². The van der Waals surface area contributed by atoms with Crippen molar-refractivity contribution in [1.82, 2.24) is 0 Å². The van der Waals surface area contributed by atoms with Crippen LogP contribution in [0.2, 0.25) is 0 Å². The maximum absolute atomic E-state index is 12.4. The highest BCUT2D eigenvalue weighted by Gasteiger charge is 2.58. The van der Waals surface area contributed by atoms with Crippen LogP contribution in [0.4, 0.5) is 37.7 Å². The lowest BCUT2D eigenvalue weighted by Crippen LogP contribution is -2.50. The van der Waals surface area contributed by atoms with Crippen LogP contribution in [0.1, 0.15) is 23.0 Å². The summed E-state index contributed by atoms with van der Waals surface area (Å²) in [5.74, 6) is -12.0. The van der Waals surface area contributed by atoms with Crippen molar-refractivity contribution in [3.05, 3.63) is 59.7 Å². The Bertz CT molecular complexity index is 1080. The van der Waals surface area contributed by atoms with Gasteiger partial charge in [-0.1, -0.05) is 24.3 Å². The quantitative estimate of drug-likeness (QED) is 0.428. The summed E-state index contributed by atoms with van der Waals surface area (Å²) in [7, 11) is 0. The number of alkyl halides is 6. The molecular weight excluding hydrogens is 502 g/mol. The summed E-state index contributed by atoms with van der Waals surface area (Å²) in [6.45, 7) is 0. The number of carboxylic acids is 2. The Hall–Kier alpha value is -4.10. The molecule has 36 heavy (non-hydrogen) atoms. The average molecular weight is 518 g/mol. The number of carbonyl (C=O) groups excluding carboxylic acids is 2. The fourth-order valence-corrected chi connectivity index (χ4v) is 4.17. The number of nitrogens with one attached hydrogen (secondary N) is 2. The standard InChI is InChI=1S/C22H16F6N2O6/c23-21(24,25)19(35)29-11-5-1-9(2-6-11)13-15(17(31)32)14(16(13)18(33)34)10-3-7-12(8-4-10)30-20(36)22(26,27)28/h1-8,13-16H,(H,29,35)(H,30,36)(H,31,32)(H,33,34). The van der Waals surface area contributed by atoms with Gasteiger partial charge in [0, 0.05) is 23.2 Å². The van der Waals surface area contributed by atoms with Crippen LogP contribution in [0.3, 0.4) is 0 Å². The lowest BCUT2D eigenvalue weighted by atomic mass is 9.52. The van der Waals surface area contributed by atoms with Crippen LogP contribution in [-0.4, -0.2) is 46.3 Å². The third kappa shape index (κ3) is 5.42. The number of halogens is 6. The first-order valence-corrected chi connectivity index (χ1v) is 10.0. The van der Waals surface area contributed by atoms with Crippen molar-refractivity contribution in [1.29, 1.82) is 0 Å². The maximum atomic E-state index is 12.4. The molecular formula is C22H16F6N2O6. The van der Waals surface area contributed by atoms with Crippen LogP contribution < -0.4 is 10.6 Å². The molecule has 1 saturated carbocycles. The molecule has 1 fully saturated rings. The second-order valence-corrected chi connectivity index (χ2v) is 7.93. The molecule has 8 nitrogen and oxygen atoms in total. The first kappa shape index (κ1) is 26.5. The minimum absolute atomic E-state index is 0.185. The topological polar surface area (TPSA) is 133 Å². The molecule has 1 aliphatic rings. The second-order valence-electron chi connectivity index (χ2n) is 7.93. The van der Waals surface area contributed by atoms with Crippen molar-refractivity contribution in [2.75, 3.05) is 10.6 Å². The molecule has 0 spiro atoms. The Balaban J connectivity index is 1.85. The van der Waals surface area contributed by atoms with E-state index in [1.165, 1.54) is 24.3 Å². The monoisotopic (exact) mass is 518 g/mol. The highest BCUT2D eigenvalue weighted by atomic mass is 19.4. The molecule has 0 atom stereocenters. The summed E-state index contributed by atoms with van der Waals surface area (Å²) in [6.07, 6.45) is -10.3. The molecule has 0 unspecified atom stereocenters. The molecule has 1 aliphatic carbocycles. The zero-order chi connectivity index (χ0) is 27.0. The van der Waals surface area contributed by atoms with E-state index in [2.05, 4.69) is 0 Å². The fraction of sp³-hybridized carbons (Fsp3) is 0.273. The number of hydrogen-bond donors (Lipinski definition) is 4. The van der Waals surface area contributed by atoms with E-state index in [0.717, 1.165) is 24.3 Å². The molecule has 0 bridgehead atoms. The number of carboxylic acid groups (broad SMARTS) is 2. The van der Waals surface area contributed by atoms with E-state index in [1.807, 2.05) is 0 Å². The van der Waals surface area contributed by atoms with Gasteiger partial charge in [-0.05, 0) is 35.4 Å². The molecule has 2 aromatic rings. The van der Waals surface area contributed by atoms with Gasteiger partial charge in [0.1, 0.15) is 0 Å². The third-order valence-corrected chi connectivity index (χ3v) is 5.74. The van der Waals surface area contributed by atoms with E-state index in [0.29, 0.717) is 0 Å². The normalized spacial score (nSPS) is 21.7. The predicted octanol–water partition coefficient (Wildman–Crippen LogP) is 3.97. The van der Waals surface area contributed by atoms with E-state index in [9.17, 15) is 55.7 Å². The predicted molar refractivity (Wildman–Crippen MR) is 110 cm³/mol. The number of amides is 2. The van der Waals surface area contributed by atoms with E-state index in [1.54, 1.807) is 10.6 Å². The van der Waals surface area contributed by atoms with E-state index < -0.39 is 59.8 Å². The molecule has 14 heteroatoms. The molecule has 2 aromatic carbocycles.